The SMILES string of the molecule is CC(C)(NC(=O)OCc1ccccc1)C(=O)NCCCN.O=C(O)C(F)(F)F. The first-order chi connectivity index (χ1) is 12.9. The van der Waals surface area contributed by atoms with Crippen LogP contribution in [0.2, 0.25) is 0 Å². The second-order valence-corrected chi connectivity index (χ2v) is 6.01. The molecule has 1 aromatic rings. The summed E-state index contributed by atoms with van der Waals surface area (Å²) in [7, 11) is 0. The van der Waals surface area contributed by atoms with Crippen LogP contribution in [0.5, 0.6) is 0 Å². The van der Waals surface area contributed by atoms with Crippen molar-refractivity contribution >= 4 is 18.0 Å². The van der Waals surface area contributed by atoms with Crippen LogP contribution >= 0.6 is 0 Å². The number of carbonyl (C=O) groups is 3. The molecule has 11 heteroatoms. The number of carboxylic acids is 1. The summed E-state index contributed by atoms with van der Waals surface area (Å²) in [6.07, 6.45) is -5.02. The quantitative estimate of drug-likeness (QED) is 0.510. The molecule has 28 heavy (non-hydrogen) atoms. The van der Waals surface area contributed by atoms with E-state index in [1.165, 1.54) is 0 Å². The maximum absolute atomic E-state index is 11.9. The molecule has 8 nitrogen and oxygen atoms in total. The zero-order valence-corrected chi connectivity index (χ0v) is 15.5. The number of carbonyl (C=O) groups excluding carboxylic acids is 2. The molecule has 0 aliphatic rings. The summed E-state index contributed by atoms with van der Waals surface area (Å²) >= 11 is 0. The molecular formula is C17H24F3N3O5. The Morgan fingerprint density at radius 1 is 1.14 bits per heavy atom. The van der Waals surface area contributed by atoms with Crippen molar-refractivity contribution in [1.82, 2.24) is 10.6 Å². The molecule has 0 aliphatic heterocycles. The van der Waals surface area contributed by atoms with Gasteiger partial charge in [0.2, 0.25) is 5.91 Å². The lowest BCUT2D eigenvalue weighted by atomic mass is 10.1. The van der Waals surface area contributed by atoms with Gasteiger partial charge in [-0.05, 0) is 32.4 Å². The van der Waals surface area contributed by atoms with Crippen LogP contribution < -0.4 is 16.4 Å². The number of aliphatic carboxylic acids is 1. The number of carboxylic acid groups (broad SMARTS) is 1. The zero-order chi connectivity index (χ0) is 21.8. The van der Waals surface area contributed by atoms with E-state index in [9.17, 15) is 22.8 Å². The number of nitrogens with two attached hydrogens (primary N) is 1. The van der Waals surface area contributed by atoms with E-state index in [2.05, 4.69) is 10.6 Å². The highest BCUT2D eigenvalue weighted by Crippen LogP contribution is 2.13. The molecule has 0 atom stereocenters. The Kier molecular flexibility index (Phi) is 10.6. The highest BCUT2D eigenvalue weighted by molar-refractivity contribution is 5.89. The number of benzene rings is 1. The Bertz CT molecular complexity index is 637. The maximum atomic E-state index is 11.9. The van der Waals surface area contributed by atoms with E-state index in [1.807, 2.05) is 30.3 Å². The van der Waals surface area contributed by atoms with Crippen molar-refractivity contribution in [2.45, 2.75) is 38.6 Å². The van der Waals surface area contributed by atoms with Crippen LogP contribution in [-0.4, -0.2) is 47.9 Å². The van der Waals surface area contributed by atoms with Crippen molar-refractivity contribution in [2.75, 3.05) is 13.1 Å². The van der Waals surface area contributed by atoms with Gasteiger partial charge in [0, 0.05) is 6.54 Å². The van der Waals surface area contributed by atoms with Gasteiger partial charge in [-0.2, -0.15) is 13.2 Å². The minimum atomic E-state index is -5.08. The van der Waals surface area contributed by atoms with Gasteiger partial charge in [-0.25, -0.2) is 9.59 Å². The molecule has 158 valence electrons. The molecule has 0 spiro atoms. The van der Waals surface area contributed by atoms with E-state index >= 15 is 0 Å². The van der Waals surface area contributed by atoms with Crippen molar-refractivity contribution in [2.24, 2.45) is 5.73 Å². The van der Waals surface area contributed by atoms with Gasteiger partial charge in [0.05, 0.1) is 0 Å². The highest BCUT2D eigenvalue weighted by Gasteiger charge is 2.38. The zero-order valence-electron chi connectivity index (χ0n) is 15.5. The first-order valence-electron chi connectivity index (χ1n) is 8.17. The number of alkyl carbamates (subject to hydrolysis) is 1. The summed E-state index contributed by atoms with van der Waals surface area (Å²) in [4.78, 5) is 32.6. The Morgan fingerprint density at radius 3 is 2.14 bits per heavy atom. The lowest BCUT2D eigenvalue weighted by molar-refractivity contribution is -0.192. The molecule has 0 saturated heterocycles. The van der Waals surface area contributed by atoms with Gasteiger partial charge in [0.1, 0.15) is 12.1 Å². The Hall–Kier alpha value is -2.82. The van der Waals surface area contributed by atoms with Gasteiger partial charge >= 0.3 is 18.2 Å². The third-order valence-corrected chi connectivity index (χ3v) is 3.10. The number of hydrogen-bond acceptors (Lipinski definition) is 5. The summed E-state index contributed by atoms with van der Waals surface area (Å²) in [6, 6.07) is 9.34. The van der Waals surface area contributed by atoms with Gasteiger partial charge in [-0.15, -0.1) is 0 Å². The highest BCUT2D eigenvalue weighted by atomic mass is 19.4. The lowest BCUT2D eigenvalue weighted by Crippen LogP contribution is -2.55. The van der Waals surface area contributed by atoms with Crippen LogP contribution in [0.4, 0.5) is 18.0 Å². The molecule has 0 radical (unpaired) electrons. The van der Waals surface area contributed by atoms with Crippen LogP contribution in [-0.2, 0) is 20.9 Å². The van der Waals surface area contributed by atoms with Gasteiger partial charge in [-0.3, -0.25) is 4.79 Å². The largest absolute Gasteiger partial charge is 0.490 e. The van der Waals surface area contributed by atoms with Crippen LogP contribution in [0.15, 0.2) is 30.3 Å². The van der Waals surface area contributed by atoms with Crippen LogP contribution in [0.25, 0.3) is 0 Å². The normalized spacial score (nSPS) is 10.9. The standard InChI is InChI=1S/C15H23N3O3.C2HF3O2/c1-15(2,13(19)17-10-6-9-16)18-14(20)21-11-12-7-4-3-5-8-12;3-2(4,5)1(6)7/h3-5,7-8H,6,9-11,16H2,1-2H3,(H,17,19)(H,18,20);(H,6,7). The van der Waals surface area contributed by atoms with Crippen molar-refractivity contribution in [3.8, 4) is 0 Å². The molecular weight excluding hydrogens is 383 g/mol. The number of ether oxygens (including phenoxy) is 1. The first kappa shape index (κ1) is 25.2. The van der Waals surface area contributed by atoms with Gasteiger partial charge in [0.25, 0.3) is 0 Å². The molecule has 0 saturated carbocycles. The van der Waals surface area contributed by atoms with Gasteiger partial charge in [-0.1, -0.05) is 30.3 Å². The Morgan fingerprint density at radius 2 is 1.68 bits per heavy atom. The summed E-state index contributed by atoms with van der Waals surface area (Å²) < 4.78 is 36.8. The fourth-order valence-electron chi connectivity index (χ4n) is 1.60. The number of halogens is 3. The number of hydrogen-bond donors (Lipinski definition) is 4. The first-order valence-corrected chi connectivity index (χ1v) is 8.17. The van der Waals surface area contributed by atoms with E-state index in [0.29, 0.717) is 19.5 Å². The summed E-state index contributed by atoms with van der Waals surface area (Å²) in [5.74, 6) is -3.03. The van der Waals surface area contributed by atoms with Crippen molar-refractivity contribution in [3.63, 3.8) is 0 Å². The van der Waals surface area contributed by atoms with Crippen LogP contribution in [0.1, 0.15) is 25.8 Å². The van der Waals surface area contributed by atoms with Crippen LogP contribution in [0, 0.1) is 0 Å². The second-order valence-electron chi connectivity index (χ2n) is 6.01. The molecule has 0 heterocycles. The third kappa shape index (κ3) is 11.0. The van der Waals surface area contributed by atoms with E-state index in [1.54, 1.807) is 13.8 Å². The molecule has 2 amide bonds. The minimum Gasteiger partial charge on any atom is -0.475 e. The average molecular weight is 407 g/mol. The average Bonchev–Trinajstić information content (AvgIpc) is 2.60. The van der Waals surface area contributed by atoms with E-state index in [0.717, 1.165) is 5.56 Å². The Balaban J connectivity index is 0.000000887. The molecule has 0 aliphatic carbocycles. The molecule has 5 N–H and O–H groups in total. The maximum Gasteiger partial charge on any atom is 0.490 e. The number of amides is 2. The smallest absolute Gasteiger partial charge is 0.475 e. The molecule has 0 bridgehead atoms. The van der Waals surface area contributed by atoms with E-state index in [-0.39, 0.29) is 12.5 Å². The van der Waals surface area contributed by atoms with E-state index in [4.69, 9.17) is 20.4 Å². The second kappa shape index (κ2) is 11.8. The summed E-state index contributed by atoms with van der Waals surface area (Å²) in [5, 5.41) is 12.4. The molecule has 0 fully saturated rings. The minimum absolute atomic E-state index is 0.164. The molecule has 0 unspecified atom stereocenters. The lowest BCUT2D eigenvalue weighted by Gasteiger charge is -2.24. The topological polar surface area (TPSA) is 131 Å². The molecule has 1 aromatic carbocycles. The predicted molar refractivity (Wildman–Crippen MR) is 94.2 cm³/mol. The summed E-state index contributed by atoms with van der Waals surface area (Å²) in [5.41, 5.74) is 5.21. The van der Waals surface area contributed by atoms with Gasteiger partial charge in [0.15, 0.2) is 0 Å². The number of nitrogens with one attached hydrogen (secondary N) is 2. The Labute approximate surface area is 160 Å². The fourth-order valence-corrected chi connectivity index (χ4v) is 1.60. The number of rotatable bonds is 7. The fraction of sp³-hybridized carbons (Fsp3) is 0.471. The van der Waals surface area contributed by atoms with Crippen molar-refractivity contribution in [3.05, 3.63) is 35.9 Å². The van der Waals surface area contributed by atoms with Crippen LogP contribution in [0.3, 0.4) is 0 Å². The van der Waals surface area contributed by atoms with Gasteiger partial charge < -0.3 is 26.2 Å². The monoisotopic (exact) mass is 407 g/mol. The number of alkyl halides is 3. The summed E-state index contributed by atoms with van der Waals surface area (Å²) in [6.45, 7) is 4.40. The van der Waals surface area contributed by atoms with Crippen molar-refractivity contribution in [1.29, 1.82) is 0 Å². The third-order valence-electron chi connectivity index (χ3n) is 3.10. The van der Waals surface area contributed by atoms with E-state index < -0.39 is 23.8 Å². The molecule has 1 rings (SSSR count). The van der Waals surface area contributed by atoms with Crippen molar-refractivity contribution < 1.29 is 37.4 Å². The molecule has 0 aromatic heterocycles. The predicted octanol–water partition coefficient (Wildman–Crippen LogP) is 1.79.